The van der Waals surface area contributed by atoms with Gasteiger partial charge in [-0.2, -0.15) is 0 Å². The van der Waals surface area contributed by atoms with Gasteiger partial charge in [-0.05, 0) is 55.3 Å². The first-order chi connectivity index (χ1) is 9.51. The Morgan fingerprint density at radius 3 is 2.45 bits per heavy atom. The maximum absolute atomic E-state index is 13.9. The van der Waals surface area contributed by atoms with Crippen molar-refractivity contribution in [3.05, 3.63) is 69.2 Å². The van der Waals surface area contributed by atoms with Crippen LogP contribution in [0.15, 0.2) is 40.9 Å². The van der Waals surface area contributed by atoms with Crippen LogP contribution in [-0.4, -0.2) is 7.05 Å². The van der Waals surface area contributed by atoms with Gasteiger partial charge in [-0.1, -0.05) is 34.1 Å². The molecule has 2 aromatic carbocycles. The van der Waals surface area contributed by atoms with Crippen molar-refractivity contribution in [2.24, 2.45) is 0 Å². The van der Waals surface area contributed by atoms with Gasteiger partial charge >= 0.3 is 0 Å². The van der Waals surface area contributed by atoms with Crippen LogP contribution in [-0.2, 0) is 6.42 Å². The monoisotopic (exact) mass is 339 g/mol. The van der Waals surface area contributed by atoms with Gasteiger partial charge in [0, 0.05) is 10.5 Å². The van der Waals surface area contributed by atoms with Gasteiger partial charge < -0.3 is 5.32 Å². The van der Waals surface area contributed by atoms with Crippen molar-refractivity contribution in [2.45, 2.75) is 19.4 Å². The van der Waals surface area contributed by atoms with E-state index in [-0.39, 0.29) is 17.7 Å². The molecule has 0 radical (unpaired) electrons. The van der Waals surface area contributed by atoms with E-state index in [9.17, 15) is 8.78 Å². The van der Waals surface area contributed by atoms with Crippen molar-refractivity contribution < 1.29 is 8.78 Å². The lowest BCUT2D eigenvalue weighted by molar-refractivity contribution is 0.551. The summed E-state index contributed by atoms with van der Waals surface area (Å²) in [5.74, 6) is -0.461. The Bertz CT molecular complexity index is 613. The summed E-state index contributed by atoms with van der Waals surface area (Å²) in [5, 5.41) is 3.15. The van der Waals surface area contributed by atoms with Crippen LogP contribution >= 0.6 is 15.9 Å². The number of nitrogens with one attached hydrogen (secondary N) is 1. The van der Waals surface area contributed by atoms with Gasteiger partial charge in [0.05, 0.1) is 0 Å². The highest BCUT2D eigenvalue weighted by Crippen LogP contribution is 2.23. The summed E-state index contributed by atoms with van der Waals surface area (Å²) in [7, 11) is 1.82. The van der Waals surface area contributed by atoms with E-state index in [1.54, 1.807) is 25.1 Å². The minimum atomic E-state index is -0.238. The number of aryl methyl sites for hydroxylation is 1. The third-order valence-corrected chi connectivity index (χ3v) is 3.87. The predicted octanol–water partition coefficient (Wildman–Crippen LogP) is 4.54. The largest absolute Gasteiger partial charge is 0.313 e. The van der Waals surface area contributed by atoms with E-state index < -0.39 is 0 Å². The second kappa shape index (κ2) is 6.46. The zero-order valence-corrected chi connectivity index (χ0v) is 13.0. The smallest absolute Gasteiger partial charge is 0.127 e. The summed E-state index contributed by atoms with van der Waals surface area (Å²) < 4.78 is 27.9. The topological polar surface area (TPSA) is 12.0 Å². The zero-order valence-electron chi connectivity index (χ0n) is 11.4. The zero-order chi connectivity index (χ0) is 14.7. The Labute approximate surface area is 126 Å². The van der Waals surface area contributed by atoms with Gasteiger partial charge in [-0.25, -0.2) is 8.78 Å². The van der Waals surface area contributed by atoms with Crippen LogP contribution in [0.3, 0.4) is 0 Å². The molecule has 2 rings (SSSR count). The molecule has 0 saturated heterocycles. The molecule has 20 heavy (non-hydrogen) atoms. The number of halogens is 3. The average molecular weight is 340 g/mol. The van der Waals surface area contributed by atoms with Crippen LogP contribution in [0.5, 0.6) is 0 Å². The normalized spacial score (nSPS) is 12.4. The van der Waals surface area contributed by atoms with Crippen molar-refractivity contribution in [2.75, 3.05) is 7.05 Å². The SMILES string of the molecule is CNC(Cc1ccc(Br)cc1F)c1ccc(F)c(C)c1. The molecule has 0 aliphatic heterocycles. The molecule has 0 amide bonds. The highest BCUT2D eigenvalue weighted by Gasteiger charge is 2.14. The Morgan fingerprint density at radius 1 is 1.10 bits per heavy atom. The van der Waals surface area contributed by atoms with Crippen molar-refractivity contribution in [3.63, 3.8) is 0 Å². The third kappa shape index (κ3) is 3.44. The molecule has 1 nitrogen and oxygen atoms in total. The highest BCUT2D eigenvalue weighted by atomic mass is 79.9. The fourth-order valence-electron chi connectivity index (χ4n) is 2.18. The molecular formula is C16H16BrF2N. The van der Waals surface area contributed by atoms with E-state index in [0.29, 0.717) is 17.5 Å². The summed E-state index contributed by atoms with van der Waals surface area (Å²) in [5.41, 5.74) is 2.18. The van der Waals surface area contributed by atoms with Crippen molar-refractivity contribution in [1.29, 1.82) is 0 Å². The minimum Gasteiger partial charge on any atom is -0.313 e. The summed E-state index contributed by atoms with van der Waals surface area (Å²) in [6, 6.07) is 9.98. The number of rotatable bonds is 4. The molecule has 2 aromatic rings. The first kappa shape index (κ1) is 15.1. The first-order valence-electron chi connectivity index (χ1n) is 6.38. The molecule has 0 bridgehead atoms. The van der Waals surface area contributed by atoms with E-state index >= 15 is 0 Å². The van der Waals surface area contributed by atoms with Crippen LogP contribution in [0.25, 0.3) is 0 Å². The number of benzene rings is 2. The molecule has 0 heterocycles. The van der Waals surface area contributed by atoms with Crippen molar-refractivity contribution in [1.82, 2.24) is 5.32 Å². The maximum atomic E-state index is 13.9. The lowest BCUT2D eigenvalue weighted by atomic mass is 9.97. The molecule has 4 heteroatoms. The van der Waals surface area contributed by atoms with Crippen LogP contribution < -0.4 is 5.32 Å². The summed E-state index contributed by atoms with van der Waals surface area (Å²) >= 11 is 3.24. The summed E-state index contributed by atoms with van der Waals surface area (Å²) in [6.07, 6.45) is 0.515. The van der Waals surface area contributed by atoms with Gasteiger partial charge in [-0.15, -0.1) is 0 Å². The van der Waals surface area contributed by atoms with Crippen LogP contribution in [0.1, 0.15) is 22.7 Å². The quantitative estimate of drug-likeness (QED) is 0.862. The number of hydrogen-bond donors (Lipinski definition) is 1. The first-order valence-corrected chi connectivity index (χ1v) is 7.18. The molecule has 1 unspecified atom stereocenters. The molecule has 0 fully saturated rings. The summed E-state index contributed by atoms with van der Waals surface area (Å²) in [6.45, 7) is 1.73. The van der Waals surface area contributed by atoms with E-state index in [4.69, 9.17) is 0 Å². The van der Waals surface area contributed by atoms with Crippen molar-refractivity contribution >= 4 is 15.9 Å². The van der Waals surface area contributed by atoms with E-state index in [0.717, 1.165) is 10.0 Å². The Hall–Kier alpha value is -1.26. The van der Waals surface area contributed by atoms with Crippen LogP contribution in [0.2, 0.25) is 0 Å². The van der Waals surface area contributed by atoms with Crippen molar-refractivity contribution in [3.8, 4) is 0 Å². The van der Waals surface area contributed by atoms with Gasteiger partial charge in [0.1, 0.15) is 11.6 Å². The van der Waals surface area contributed by atoms with Crippen LogP contribution in [0.4, 0.5) is 8.78 Å². The number of likely N-dealkylation sites (N-methyl/N-ethyl adjacent to an activating group) is 1. The minimum absolute atomic E-state index is 0.0509. The molecule has 0 aromatic heterocycles. The standard InChI is InChI=1S/C16H16BrF2N/c1-10-7-12(4-6-14(10)18)16(20-2)8-11-3-5-13(17)9-15(11)19/h3-7,9,16,20H,8H2,1-2H3. The number of hydrogen-bond acceptors (Lipinski definition) is 1. The lowest BCUT2D eigenvalue weighted by Crippen LogP contribution is -2.19. The molecule has 0 aliphatic rings. The van der Waals surface area contributed by atoms with Gasteiger partial charge in [0.15, 0.2) is 0 Å². The second-order valence-electron chi connectivity index (χ2n) is 4.79. The molecular weight excluding hydrogens is 324 g/mol. The van der Waals surface area contributed by atoms with Gasteiger partial charge in [0.25, 0.3) is 0 Å². The fraction of sp³-hybridized carbons (Fsp3) is 0.250. The van der Waals surface area contributed by atoms with Gasteiger partial charge in [0.2, 0.25) is 0 Å². The Balaban J connectivity index is 2.26. The van der Waals surface area contributed by atoms with Gasteiger partial charge in [-0.3, -0.25) is 0 Å². The Morgan fingerprint density at radius 2 is 1.85 bits per heavy atom. The van der Waals surface area contributed by atoms with Crippen LogP contribution in [0, 0.1) is 18.6 Å². The molecule has 0 spiro atoms. The molecule has 0 aliphatic carbocycles. The maximum Gasteiger partial charge on any atom is 0.127 e. The molecule has 1 atom stereocenters. The highest BCUT2D eigenvalue weighted by molar-refractivity contribution is 9.10. The molecule has 106 valence electrons. The van der Waals surface area contributed by atoms with E-state index in [2.05, 4.69) is 21.2 Å². The van der Waals surface area contributed by atoms with E-state index in [1.165, 1.54) is 12.1 Å². The second-order valence-corrected chi connectivity index (χ2v) is 5.71. The lowest BCUT2D eigenvalue weighted by Gasteiger charge is -2.18. The average Bonchev–Trinajstić information content (AvgIpc) is 2.41. The molecule has 1 N–H and O–H groups in total. The Kier molecular flexibility index (Phi) is 4.89. The fourth-order valence-corrected chi connectivity index (χ4v) is 2.51. The van der Waals surface area contributed by atoms with E-state index in [1.807, 2.05) is 13.1 Å². The molecule has 0 saturated carbocycles. The summed E-state index contributed by atoms with van der Waals surface area (Å²) in [4.78, 5) is 0. The predicted molar refractivity (Wildman–Crippen MR) is 80.7 cm³/mol. The third-order valence-electron chi connectivity index (χ3n) is 3.37.